The Bertz CT molecular complexity index is 870. The number of hydrogen-bond acceptors (Lipinski definition) is 5. The number of amides is 2. The van der Waals surface area contributed by atoms with E-state index in [9.17, 15) is 14.0 Å². The van der Waals surface area contributed by atoms with Gasteiger partial charge >= 0.3 is 0 Å². The molecule has 1 aliphatic heterocycles. The first-order chi connectivity index (χ1) is 13.8. The van der Waals surface area contributed by atoms with Crippen LogP contribution in [0.1, 0.15) is 34.9 Å². The lowest BCUT2D eigenvalue weighted by Gasteiger charge is -2.26. The average Bonchev–Trinajstić information content (AvgIpc) is 3.03. The topological polar surface area (TPSA) is 62.7 Å². The molecule has 1 atom stereocenters. The van der Waals surface area contributed by atoms with E-state index in [1.807, 2.05) is 20.8 Å². The third kappa shape index (κ3) is 5.83. The predicted octanol–water partition coefficient (Wildman–Crippen LogP) is 3.12. The number of carbonyl (C=O) groups is 2. The zero-order valence-electron chi connectivity index (χ0n) is 16.9. The van der Waals surface area contributed by atoms with Gasteiger partial charge in [-0.05, 0) is 30.5 Å². The van der Waals surface area contributed by atoms with Crippen LogP contribution in [0.15, 0.2) is 29.6 Å². The Morgan fingerprint density at radius 2 is 2.17 bits per heavy atom. The minimum Gasteiger partial charge on any atom is -0.370 e. The minimum absolute atomic E-state index is 0.00194. The molecule has 2 aromatic rings. The van der Waals surface area contributed by atoms with Crippen molar-refractivity contribution in [3.05, 3.63) is 51.7 Å². The molecular formula is C21H26FN3O3S. The average molecular weight is 420 g/mol. The van der Waals surface area contributed by atoms with Crippen molar-refractivity contribution in [1.82, 2.24) is 14.8 Å². The molecule has 1 aliphatic rings. The van der Waals surface area contributed by atoms with Crippen molar-refractivity contribution in [2.75, 3.05) is 26.2 Å². The van der Waals surface area contributed by atoms with E-state index in [0.29, 0.717) is 30.3 Å². The first-order valence-corrected chi connectivity index (χ1v) is 10.5. The summed E-state index contributed by atoms with van der Waals surface area (Å²) in [5.41, 5.74) is 1.06. The Hall–Kier alpha value is -2.32. The normalized spacial score (nSPS) is 17.7. The van der Waals surface area contributed by atoms with Gasteiger partial charge in [0.2, 0.25) is 5.91 Å². The molecule has 0 spiro atoms. The fraction of sp³-hybridized carbons (Fsp3) is 0.476. The molecule has 1 saturated heterocycles. The molecule has 2 heterocycles. The summed E-state index contributed by atoms with van der Waals surface area (Å²) in [5, 5.41) is 2.51. The van der Waals surface area contributed by atoms with E-state index in [1.54, 1.807) is 22.4 Å². The van der Waals surface area contributed by atoms with Crippen molar-refractivity contribution in [2.24, 2.45) is 5.92 Å². The summed E-state index contributed by atoms with van der Waals surface area (Å²) in [4.78, 5) is 33.2. The molecule has 1 fully saturated rings. The number of aryl methyl sites for hydroxylation is 1. The smallest absolute Gasteiger partial charge is 0.273 e. The Labute approximate surface area is 174 Å². The van der Waals surface area contributed by atoms with Crippen LogP contribution in [0.4, 0.5) is 4.39 Å². The molecule has 8 heteroatoms. The van der Waals surface area contributed by atoms with Gasteiger partial charge in [-0.15, -0.1) is 11.3 Å². The predicted molar refractivity (Wildman–Crippen MR) is 109 cm³/mol. The van der Waals surface area contributed by atoms with Crippen LogP contribution >= 0.6 is 11.3 Å². The zero-order chi connectivity index (χ0) is 21.0. The fourth-order valence-corrected chi connectivity index (χ4v) is 3.91. The van der Waals surface area contributed by atoms with Gasteiger partial charge < -0.3 is 14.5 Å². The van der Waals surface area contributed by atoms with Crippen molar-refractivity contribution in [3.8, 4) is 0 Å². The molecule has 0 radical (unpaired) electrons. The lowest BCUT2D eigenvalue weighted by atomic mass is 10.2. The van der Waals surface area contributed by atoms with Gasteiger partial charge in [-0.3, -0.25) is 9.59 Å². The van der Waals surface area contributed by atoms with Crippen LogP contribution in [0.25, 0.3) is 0 Å². The molecule has 29 heavy (non-hydrogen) atoms. The summed E-state index contributed by atoms with van der Waals surface area (Å²) in [5.74, 6) is -0.394. The number of thiazole rings is 1. The lowest BCUT2D eigenvalue weighted by molar-refractivity contribution is -0.132. The monoisotopic (exact) mass is 419 g/mol. The van der Waals surface area contributed by atoms with Crippen LogP contribution < -0.4 is 0 Å². The van der Waals surface area contributed by atoms with Gasteiger partial charge in [-0.2, -0.15) is 0 Å². The number of halogens is 1. The lowest BCUT2D eigenvalue weighted by Crippen LogP contribution is -2.40. The van der Waals surface area contributed by atoms with Crippen LogP contribution in [0.5, 0.6) is 0 Å². The van der Waals surface area contributed by atoms with Gasteiger partial charge in [-0.1, -0.05) is 26.0 Å². The number of carbonyl (C=O) groups excluding carboxylic acids is 2. The van der Waals surface area contributed by atoms with Crippen molar-refractivity contribution < 1.29 is 18.7 Å². The molecular weight excluding hydrogens is 393 g/mol. The third-order valence-corrected chi connectivity index (χ3v) is 5.39. The van der Waals surface area contributed by atoms with Gasteiger partial charge in [-0.25, -0.2) is 9.37 Å². The maximum absolute atomic E-state index is 13.4. The van der Waals surface area contributed by atoms with Crippen LogP contribution in [0, 0.1) is 18.7 Å². The molecule has 2 amide bonds. The highest BCUT2D eigenvalue weighted by Crippen LogP contribution is 2.17. The first kappa shape index (κ1) is 21.4. The molecule has 6 nitrogen and oxygen atoms in total. The molecule has 0 bridgehead atoms. The van der Waals surface area contributed by atoms with Gasteiger partial charge in [0.05, 0.1) is 17.7 Å². The molecule has 1 unspecified atom stereocenters. The van der Waals surface area contributed by atoms with E-state index in [1.165, 1.54) is 28.4 Å². The summed E-state index contributed by atoms with van der Waals surface area (Å²) >= 11 is 1.40. The summed E-state index contributed by atoms with van der Waals surface area (Å²) in [6.45, 7) is 7.41. The fourth-order valence-electron chi connectivity index (χ4n) is 3.32. The summed E-state index contributed by atoms with van der Waals surface area (Å²) in [7, 11) is 0. The van der Waals surface area contributed by atoms with Gasteiger partial charge in [0.25, 0.3) is 5.91 Å². The Morgan fingerprint density at radius 1 is 1.38 bits per heavy atom. The van der Waals surface area contributed by atoms with E-state index < -0.39 is 0 Å². The standard InChI is InChI=1S/C21H26FN3O3S/c1-14(2)8-24-9-18(28-12-16-5-4-6-17(22)7-16)10-25(11-20(24)26)21(27)19-13-29-15(3)23-19/h4-7,13-14,18H,8-12H2,1-3H3. The number of aromatic nitrogens is 1. The Balaban J connectivity index is 1.76. The van der Waals surface area contributed by atoms with E-state index in [2.05, 4.69) is 4.98 Å². The summed E-state index contributed by atoms with van der Waals surface area (Å²) in [6, 6.07) is 6.23. The highest BCUT2D eigenvalue weighted by atomic mass is 32.1. The van der Waals surface area contributed by atoms with Crippen LogP contribution in [-0.4, -0.2) is 58.9 Å². The van der Waals surface area contributed by atoms with Crippen molar-refractivity contribution >= 4 is 23.2 Å². The largest absolute Gasteiger partial charge is 0.370 e. The van der Waals surface area contributed by atoms with Crippen molar-refractivity contribution in [1.29, 1.82) is 0 Å². The molecule has 0 saturated carbocycles. The second-order valence-corrected chi connectivity index (χ2v) is 8.76. The Morgan fingerprint density at radius 3 is 2.83 bits per heavy atom. The van der Waals surface area contributed by atoms with Crippen molar-refractivity contribution in [3.63, 3.8) is 0 Å². The van der Waals surface area contributed by atoms with E-state index in [-0.39, 0.29) is 43.4 Å². The number of rotatable bonds is 6. The van der Waals surface area contributed by atoms with E-state index in [0.717, 1.165) is 5.01 Å². The molecule has 0 aliphatic carbocycles. The van der Waals surface area contributed by atoms with E-state index in [4.69, 9.17) is 4.74 Å². The first-order valence-electron chi connectivity index (χ1n) is 9.67. The van der Waals surface area contributed by atoms with Gasteiger partial charge in [0.1, 0.15) is 18.1 Å². The van der Waals surface area contributed by atoms with E-state index >= 15 is 0 Å². The number of ether oxygens (including phenoxy) is 1. The molecule has 1 aromatic carbocycles. The SMILES string of the molecule is Cc1nc(C(=O)N2CC(=O)N(CC(C)C)CC(OCc3cccc(F)c3)C2)cs1. The van der Waals surface area contributed by atoms with Crippen LogP contribution in [0.3, 0.4) is 0 Å². The number of nitrogens with zero attached hydrogens (tertiary/aromatic N) is 3. The number of benzene rings is 1. The highest BCUT2D eigenvalue weighted by Gasteiger charge is 2.32. The van der Waals surface area contributed by atoms with Crippen LogP contribution in [0.2, 0.25) is 0 Å². The molecule has 1 aromatic heterocycles. The second kappa shape index (κ2) is 9.45. The van der Waals surface area contributed by atoms with Gasteiger partial charge in [0.15, 0.2) is 0 Å². The zero-order valence-corrected chi connectivity index (χ0v) is 17.7. The highest BCUT2D eigenvalue weighted by molar-refractivity contribution is 7.09. The molecule has 3 rings (SSSR count). The van der Waals surface area contributed by atoms with Crippen molar-refractivity contribution in [2.45, 2.75) is 33.5 Å². The number of hydrogen-bond donors (Lipinski definition) is 0. The molecule has 0 N–H and O–H groups in total. The minimum atomic E-state index is -0.368. The maximum atomic E-state index is 13.4. The summed E-state index contributed by atoms with van der Waals surface area (Å²) < 4.78 is 19.5. The quantitative estimate of drug-likeness (QED) is 0.722. The third-order valence-electron chi connectivity index (χ3n) is 4.61. The van der Waals surface area contributed by atoms with Crippen LogP contribution in [-0.2, 0) is 16.1 Å². The Kier molecular flexibility index (Phi) is 6.97. The maximum Gasteiger partial charge on any atom is 0.273 e. The summed E-state index contributed by atoms with van der Waals surface area (Å²) in [6.07, 6.45) is -0.368. The molecule has 156 valence electrons. The van der Waals surface area contributed by atoms with Gasteiger partial charge in [0, 0.05) is 25.0 Å². The second-order valence-electron chi connectivity index (χ2n) is 7.69.